The van der Waals surface area contributed by atoms with Gasteiger partial charge in [-0.3, -0.25) is 0 Å². The Morgan fingerprint density at radius 1 is 1.03 bits per heavy atom. The van der Waals surface area contributed by atoms with E-state index < -0.39 is 0 Å². The van der Waals surface area contributed by atoms with E-state index in [1.165, 1.54) is 39.4 Å². The molecule has 0 fully saturated rings. The summed E-state index contributed by atoms with van der Waals surface area (Å²) < 4.78 is 7.73. The molecule has 0 saturated carbocycles. The Kier molecular flexibility index (Phi) is 5.84. The Hall–Kier alpha value is -3.51. The number of nitrogens with one attached hydrogen (secondary N) is 1. The zero-order valence-corrected chi connectivity index (χ0v) is 21.8. The van der Waals surface area contributed by atoms with Gasteiger partial charge in [-0.2, -0.15) is 0 Å². The minimum absolute atomic E-state index is 0.0841. The number of hydrogen-bond acceptors (Lipinski definition) is 3. The molecule has 36 heavy (non-hydrogen) atoms. The minimum atomic E-state index is -0.226. The van der Waals surface area contributed by atoms with E-state index in [1.807, 2.05) is 47.4 Å². The van der Waals surface area contributed by atoms with E-state index in [4.69, 9.17) is 4.74 Å². The van der Waals surface area contributed by atoms with Gasteiger partial charge in [-0.25, -0.2) is 4.79 Å². The molecule has 0 spiro atoms. The van der Waals surface area contributed by atoms with Crippen LogP contribution in [0.5, 0.6) is 5.75 Å². The Morgan fingerprint density at radius 3 is 2.61 bits per heavy atom. The number of methoxy groups -OCH3 is 1. The fourth-order valence-corrected chi connectivity index (χ4v) is 7.07. The molecule has 1 aliphatic heterocycles. The molecule has 2 aliphatic rings. The summed E-state index contributed by atoms with van der Waals surface area (Å²) in [5.74, 6) is 0.808. The molecule has 4 aromatic rings. The quantitative estimate of drug-likeness (QED) is 0.326. The van der Waals surface area contributed by atoms with Crippen molar-refractivity contribution >= 4 is 23.1 Å². The fraction of sp³-hybridized carbons (Fsp3) is 0.300. The number of thiophene rings is 1. The van der Waals surface area contributed by atoms with Gasteiger partial charge in [0.1, 0.15) is 10.8 Å². The standard InChI is InChI=1S/C30H31N3O2S/c1-19-10-15-25(20(2)17-19)31-30(34)33-18-24-23-7-4-5-9-27(23)36-29(24)32-16-6-8-26(32)28(33)21-11-13-22(35-3)14-12-21/h6,8,10-17,28H,4-5,7,9,18H2,1-3H3,(H,31,34)/t28-/m0/s1. The number of nitrogens with zero attached hydrogens (tertiary/aromatic N) is 2. The molecule has 1 atom stereocenters. The molecule has 2 aromatic carbocycles. The fourth-order valence-electron chi connectivity index (χ4n) is 5.66. The maximum Gasteiger partial charge on any atom is 0.322 e. The van der Waals surface area contributed by atoms with Crippen molar-refractivity contribution in [2.45, 2.75) is 52.1 Å². The van der Waals surface area contributed by atoms with Crippen molar-refractivity contribution in [3.8, 4) is 10.8 Å². The maximum atomic E-state index is 14.1. The van der Waals surface area contributed by atoms with Gasteiger partial charge in [0.25, 0.3) is 0 Å². The second kappa shape index (κ2) is 9.17. The minimum Gasteiger partial charge on any atom is -0.497 e. The summed E-state index contributed by atoms with van der Waals surface area (Å²) in [6.07, 6.45) is 6.84. The first-order valence-corrected chi connectivity index (χ1v) is 13.4. The number of amides is 2. The summed E-state index contributed by atoms with van der Waals surface area (Å²) >= 11 is 1.91. The van der Waals surface area contributed by atoms with Crippen molar-refractivity contribution in [3.63, 3.8) is 0 Å². The highest BCUT2D eigenvalue weighted by Crippen LogP contribution is 2.44. The molecule has 2 aromatic heterocycles. The van der Waals surface area contributed by atoms with Crippen LogP contribution < -0.4 is 10.1 Å². The van der Waals surface area contributed by atoms with Crippen molar-refractivity contribution in [3.05, 3.63) is 99.2 Å². The van der Waals surface area contributed by atoms with E-state index in [-0.39, 0.29) is 12.1 Å². The summed E-state index contributed by atoms with van der Waals surface area (Å²) in [7, 11) is 1.68. The first-order valence-electron chi connectivity index (χ1n) is 12.6. The number of carbonyl (C=O) groups excluding carboxylic acids is 1. The van der Waals surface area contributed by atoms with Gasteiger partial charge in [0.05, 0.1) is 25.4 Å². The van der Waals surface area contributed by atoms with Crippen LogP contribution in [0.3, 0.4) is 0 Å². The number of anilines is 1. The number of aromatic nitrogens is 1. The predicted molar refractivity (Wildman–Crippen MR) is 146 cm³/mol. The van der Waals surface area contributed by atoms with Gasteiger partial charge in [-0.05, 0) is 86.6 Å². The van der Waals surface area contributed by atoms with Crippen LogP contribution in [0.4, 0.5) is 10.5 Å². The molecule has 0 bridgehead atoms. The SMILES string of the molecule is COc1ccc([C@H]2c3cccn3-c3sc4c(c3CN2C(=O)Nc2ccc(C)cc2C)CCCC4)cc1. The lowest BCUT2D eigenvalue weighted by atomic mass is 9.95. The molecular formula is C30H31N3O2S. The van der Waals surface area contributed by atoms with Crippen LogP contribution in [0.15, 0.2) is 60.8 Å². The van der Waals surface area contributed by atoms with Crippen LogP contribution in [-0.2, 0) is 19.4 Å². The number of urea groups is 1. The summed E-state index contributed by atoms with van der Waals surface area (Å²) in [6.45, 7) is 4.70. The van der Waals surface area contributed by atoms with Crippen LogP contribution in [0.2, 0.25) is 0 Å². The topological polar surface area (TPSA) is 46.5 Å². The molecule has 3 heterocycles. The first kappa shape index (κ1) is 22.9. The lowest BCUT2D eigenvalue weighted by molar-refractivity contribution is 0.194. The van der Waals surface area contributed by atoms with E-state index >= 15 is 0 Å². The van der Waals surface area contributed by atoms with Crippen LogP contribution in [-0.4, -0.2) is 22.6 Å². The number of benzene rings is 2. The van der Waals surface area contributed by atoms with E-state index in [2.05, 4.69) is 53.3 Å². The number of carbonyl (C=O) groups is 1. The second-order valence-electron chi connectivity index (χ2n) is 9.85. The first-order chi connectivity index (χ1) is 17.5. The monoisotopic (exact) mass is 497 g/mol. The largest absolute Gasteiger partial charge is 0.497 e. The number of ether oxygens (including phenoxy) is 1. The van der Waals surface area contributed by atoms with Gasteiger partial charge in [0.2, 0.25) is 0 Å². The molecule has 1 N–H and O–H groups in total. The maximum absolute atomic E-state index is 14.1. The molecule has 1 aliphatic carbocycles. The van der Waals surface area contributed by atoms with Crippen molar-refractivity contribution in [2.24, 2.45) is 0 Å². The Labute approximate surface area is 216 Å². The van der Waals surface area contributed by atoms with E-state index in [1.54, 1.807) is 7.11 Å². The van der Waals surface area contributed by atoms with Crippen LogP contribution in [0, 0.1) is 13.8 Å². The van der Waals surface area contributed by atoms with Gasteiger partial charge in [0.15, 0.2) is 0 Å². The molecule has 0 unspecified atom stereocenters. The van der Waals surface area contributed by atoms with Crippen LogP contribution in [0.1, 0.15) is 57.3 Å². The average Bonchev–Trinajstić information content (AvgIpc) is 3.48. The van der Waals surface area contributed by atoms with Gasteiger partial charge in [-0.1, -0.05) is 29.8 Å². The third-order valence-corrected chi connectivity index (χ3v) is 8.83. The molecule has 2 amide bonds. The number of fused-ring (bicyclic) bond motifs is 5. The van der Waals surface area contributed by atoms with Crippen molar-refractivity contribution in [1.29, 1.82) is 0 Å². The van der Waals surface area contributed by atoms with Crippen LogP contribution in [0.25, 0.3) is 5.00 Å². The summed E-state index contributed by atoms with van der Waals surface area (Å²) in [5.41, 5.74) is 8.04. The lowest BCUT2D eigenvalue weighted by Crippen LogP contribution is -2.38. The average molecular weight is 498 g/mol. The van der Waals surface area contributed by atoms with Crippen LogP contribution >= 0.6 is 11.3 Å². The number of hydrogen-bond donors (Lipinski definition) is 1. The zero-order valence-electron chi connectivity index (χ0n) is 21.0. The van der Waals surface area contributed by atoms with Gasteiger partial charge >= 0.3 is 6.03 Å². The highest BCUT2D eigenvalue weighted by Gasteiger charge is 2.36. The Balaban J connectivity index is 1.48. The van der Waals surface area contributed by atoms with Crippen molar-refractivity contribution in [1.82, 2.24) is 9.47 Å². The highest BCUT2D eigenvalue weighted by molar-refractivity contribution is 7.15. The third-order valence-electron chi connectivity index (χ3n) is 7.49. The molecule has 6 heteroatoms. The van der Waals surface area contributed by atoms with Crippen molar-refractivity contribution < 1.29 is 9.53 Å². The van der Waals surface area contributed by atoms with E-state index in [9.17, 15) is 4.79 Å². The molecule has 5 nitrogen and oxygen atoms in total. The lowest BCUT2D eigenvalue weighted by Gasteiger charge is -2.31. The normalized spacial score (nSPS) is 16.5. The van der Waals surface area contributed by atoms with Gasteiger partial charge in [-0.15, -0.1) is 11.3 Å². The smallest absolute Gasteiger partial charge is 0.322 e. The number of aryl methyl sites for hydroxylation is 3. The molecule has 0 saturated heterocycles. The number of rotatable bonds is 3. The Morgan fingerprint density at radius 2 is 1.83 bits per heavy atom. The van der Waals surface area contributed by atoms with Crippen molar-refractivity contribution in [2.75, 3.05) is 12.4 Å². The van der Waals surface area contributed by atoms with Gasteiger partial charge < -0.3 is 19.5 Å². The molecular weight excluding hydrogens is 466 g/mol. The zero-order chi connectivity index (χ0) is 24.8. The summed E-state index contributed by atoms with van der Waals surface area (Å²) in [5, 5.41) is 4.51. The molecule has 0 radical (unpaired) electrons. The second-order valence-corrected chi connectivity index (χ2v) is 10.9. The summed E-state index contributed by atoms with van der Waals surface area (Å²) in [4.78, 5) is 17.6. The van der Waals surface area contributed by atoms with Gasteiger partial charge in [0, 0.05) is 22.3 Å². The predicted octanol–water partition coefficient (Wildman–Crippen LogP) is 7.18. The molecule has 6 rings (SSSR count). The third kappa shape index (κ3) is 3.90. The molecule has 184 valence electrons. The highest BCUT2D eigenvalue weighted by atomic mass is 32.1. The Bertz CT molecular complexity index is 1430. The van der Waals surface area contributed by atoms with E-state index in [0.717, 1.165) is 41.1 Å². The summed E-state index contributed by atoms with van der Waals surface area (Å²) in [6, 6.07) is 18.2. The van der Waals surface area contributed by atoms with E-state index in [0.29, 0.717) is 6.54 Å².